The third kappa shape index (κ3) is 3.85. The van der Waals surface area contributed by atoms with Crippen molar-refractivity contribution in [2.24, 2.45) is 0 Å². The minimum absolute atomic E-state index is 0.0551. The number of benzene rings is 1. The number of rotatable bonds is 5. The number of carbonyl (C=O) groups is 2. The molecule has 1 aliphatic carbocycles. The maximum Gasteiger partial charge on any atom is 0.340 e. The lowest BCUT2D eigenvalue weighted by Crippen LogP contribution is -2.21. The number of carbonyl (C=O) groups excluding carboxylic acids is 2. The molecule has 0 aliphatic heterocycles. The Bertz CT molecular complexity index is 843. The van der Waals surface area contributed by atoms with Crippen molar-refractivity contribution in [3.63, 3.8) is 0 Å². The first kappa shape index (κ1) is 17.5. The summed E-state index contributed by atoms with van der Waals surface area (Å²) >= 11 is 5.77. The Morgan fingerprint density at radius 3 is 2.72 bits per heavy atom. The van der Waals surface area contributed by atoms with Crippen LogP contribution in [-0.4, -0.2) is 23.1 Å². The summed E-state index contributed by atoms with van der Waals surface area (Å²) < 4.78 is 20.8. The van der Waals surface area contributed by atoms with Crippen LogP contribution in [0.5, 0.6) is 0 Å². The molecule has 1 saturated carbocycles. The number of aryl methyl sites for hydroxylation is 1. The van der Waals surface area contributed by atoms with Crippen LogP contribution in [0.1, 0.15) is 40.6 Å². The average Bonchev–Trinajstić information content (AvgIpc) is 3.34. The predicted molar refractivity (Wildman–Crippen MR) is 92.5 cm³/mol. The fraction of sp³-hybridized carbons (Fsp3) is 0.333. The first-order chi connectivity index (χ1) is 11.9. The highest BCUT2D eigenvalue weighted by Gasteiger charge is 2.28. The van der Waals surface area contributed by atoms with Crippen molar-refractivity contribution >= 4 is 29.2 Å². The minimum Gasteiger partial charge on any atom is -0.452 e. The van der Waals surface area contributed by atoms with Gasteiger partial charge in [0, 0.05) is 22.5 Å². The van der Waals surface area contributed by atoms with Gasteiger partial charge in [-0.3, -0.25) is 4.79 Å². The van der Waals surface area contributed by atoms with E-state index in [0.29, 0.717) is 16.6 Å². The van der Waals surface area contributed by atoms with Gasteiger partial charge in [-0.05, 0) is 51.0 Å². The summed E-state index contributed by atoms with van der Waals surface area (Å²) in [6.07, 6.45) is 2.22. The monoisotopic (exact) mass is 364 g/mol. The number of amides is 1. The summed E-state index contributed by atoms with van der Waals surface area (Å²) in [6, 6.07) is 6.04. The lowest BCUT2D eigenvalue weighted by Gasteiger charge is -2.09. The Labute approximate surface area is 149 Å². The summed E-state index contributed by atoms with van der Waals surface area (Å²) in [7, 11) is 0. The summed E-state index contributed by atoms with van der Waals surface area (Å²) in [5.74, 6) is -1.82. The van der Waals surface area contributed by atoms with Gasteiger partial charge in [-0.25, -0.2) is 9.18 Å². The quantitative estimate of drug-likeness (QED) is 0.815. The molecule has 5 nitrogen and oxygen atoms in total. The van der Waals surface area contributed by atoms with Crippen molar-refractivity contribution in [3.05, 3.63) is 52.1 Å². The Hall–Kier alpha value is -2.34. The van der Waals surface area contributed by atoms with Crippen molar-refractivity contribution in [1.82, 2.24) is 4.57 Å². The zero-order valence-electron chi connectivity index (χ0n) is 13.9. The molecule has 1 aromatic carbocycles. The van der Waals surface area contributed by atoms with Crippen LogP contribution >= 0.6 is 11.6 Å². The lowest BCUT2D eigenvalue weighted by atomic mass is 10.2. The van der Waals surface area contributed by atoms with Gasteiger partial charge in [0.05, 0.1) is 11.3 Å². The lowest BCUT2D eigenvalue weighted by molar-refractivity contribution is -0.119. The number of nitrogens with zero attached hydrogens (tertiary/aromatic N) is 1. The molecule has 0 spiro atoms. The third-order valence-electron chi connectivity index (χ3n) is 4.15. The smallest absolute Gasteiger partial charge is 0.340 e. The van der Waals surface area contributed by atoms with E-state index in [-0.39, 0.29) is 5.69 Å². The van der Waals surface area contributed by atoms with Gasteiger partial charge in [0.15, 0.2) is 6.61 Å². The molecule has 1 amide bonds. The van der Waals surface area contributed by atoms with Crippen molar-refractivity contribution < 1.29 is 18.7 Å². The van der Waals surface area contributed by atoms with Gasteiger partial charge in [-0.1, -0.05) is 11.6 Å². The molecule has 7 heteroatoms. The van der Waals surface area contributed by atoms with E-state index >= 15 is 0 Å². The van der Waals surface area contributed by atoms with Crippen LogP contribution in [0.2, 0.25) is 5.02 Å². The number of ether oxygens (including phenoxy) is 1. The van der Waals surface area contributed by atoms with Crippen molar-refractivity contribution in [2.45, 2.75) is 32.7 Å². The fourth-order valence-corrected chi connectivity index (χ4v) is 3.04. The van der Waals surface area contributed by atoms with E-state index in [4.69, 9.17) is 16.3 Å². The second kappa shape index (κ2) is 6.88. The van der Waals surface area contributed by atoms with Crippen molar-refractivity contribution in [3.8, 4) is 0 Å². The summed E-state index contributed by atoms with van der Waals surface area (Å²) in [6.45, 7) is 3.30. The molecule has 1 aliphatic rings. The molecule has 25 heavy (non-hydrogen) atoms. The van der Waals surface area contributed by atoms with Crippen molar-refractivity contribution in [2.75, 3.05) is 11.9 Å². The van der Waals surface area contributed by atoms with Crippen LogP contribution in [-0.2, 0) is 9.53 Å². The number of anilines is 1. The van der Waals surface area contributed by atoms with Crippen molar-refractivity contribution in [1.29, 1.82) is 0 Å². The van der Waals surface area contributed by atoms with Gasteiger partial charge in [0.1, 0.15) is 5.82 Å². The molecule has 1 aromatic heterocycles. The predicted octanol–water partition coefficient (Wildman–Crippen LogP) is 4.03. The van der Waals surface area contributed by atoms with E-state index in [9.17, 15) is 14.0 Å². The van der Waals surface area contributed by atoms with E-state index in [2.05, 4.69) is 9.88 Å². The van der Waals surface area contributed by atoms with Crippen LogP contribution in [0.25, 0.3) is 0 Å². The average molecular weight is 365 g/mol. The maximum absolute atomic E-state index is 13.6. The molecular weight excluding hydrogens is 347 g/mol. The Morgan fingerprint density at radius 2 is 2.04 bits per heavy atom. The van der Waals surface area contributed by atoms with Crippen LogP contribution in [0.15, 0.2) is 24.3 Å². The zero-order valence-corrected chi connectivity index (χ0v) is 14.7. The molecule has 1 heterocycles. The summed E-state index contributed by atoms with van der Waals surface area (Å²) in [5, 5.41) is 2.63. The number of hydrogen-bond acceptors (Lipinski definition) is 3. The normalized spacial score (nSPS) is 13.6. The highest BCUT2D eigenvalue weighted by molar-refractivity contribution is 6.30. The SMILES string of the molecule is Cc1cc(C(=O)OCC(=O)Nc2cc(Cl)ccc2F)c(C)n1C1CC1. The maximum atomic E-state index is 13.6. The molecule has 1 fully saturated rings. The van der Waals surface area contributed by atoms with E-state index < -0.39 is 24.3 Å². The first-order valence-electron chi connectivity index (χ1n) is 7.97. The van der Waals surface area contributed by atoms with Gasteiger partial charge in [-0.15, -0.1) is 0 Å². The van der Waals surface area contributed by atoms with Crippen LogP contribution in [0.4, 0.5) is 10.1 Å². The topological polar surface area (TPSA) is 60.3 Å². The fourth-order valence-electron chi connectivity index (χ4n) is 2.87. The highest BCUT2D eigenvalue weighted by atomic mass is 35.5. The standard InChI is InChI=1S/C18H18ClFN2O3/c1-10-7-14(11(2)22(10)13-4-5-13)18(24)25-9-17(23)21-16-8-12(19)3-6-15(16)20/h3,6-8,13H,4-5,9H2,1-2H3,(H,21,23). The van der Waals surface area contributed by atoms with Crippen LogP contribution in [0.3, 0.4) is 0 Å². The van der Waals surface area contributed by atoms with Gasteiger partial charge in [0.25, 0.3) is 5.91 Å². The molecule has 0 atom stereocenters. The van der Waals surface area contributed by atoms with Crippen LogP contribution in [0, 0.1) is 19.7 Å². The Balaban J connectivity index is 1.61. The van der Waals surface area contributed by atoms with E-state index in [0.717, 1.165) is 30.3 Å². The molecule has 0 unspecified atom stereocenters. The molecule has 0 saturated heterocycles. The molecule has 0 bridgehead atoms. The van der Waals surface area contributed by atoms with Crippen LogP contribution < -0.4 is 5.32 Å². The largest absolute Gasteiger partial charge is 0.452 e. The zero-order chi connectivity index (χ0) is 18.1. The number of esters is 1. The minimum atomic E-state index is -0.634. The second-order valence-corrected chi connectivity index (χ2v) is 6.57. The molecule has 3 rings (SSSR count). The van der Waals surface area contributed by atoms with E-state index in [1.165, 1.54) is 12.1 Å². The second-order valence-electron chi connectivity index (χ2n) is 6.13. The highest BCUT2D eigenvalue weighted by Crippen LogP contribution is 2.38. The number of halogens is 2. The van der Waals surface area contributed by atoms with Gasteiger partial charge in [0.2, 0.25) is 0 Å². The molecule has 0 radical (unpaired) electrons. The molecule has 132 valence electrons. The number of aromatic nitrogens is 1. The van der Waals surface area contributed by atoms with Gasteiger partial charge >= 0.3 is 5.97 Å². The van der Waals surface area contributed by atoms with E-state index in [1.54, 1.807) is 6.07 Å². The number of nitrogens with one attached hydrogen (secondary N) is 1. The van der Waals surface area contributed by atoms with E-state index in [1.807, 2.05) is 13.8 Å². The Morgan fingerprint density at radius 1 is 1.32 bits per heavy atom. The van der Waals surface area contributed by atoms with Gasteiger partial charge < -0.3 is 14.6 Å². The molecular formula is C18H18ClFN2O3. The molecule has 2 aromatic rings. The third-order valence-corrected chi connectivity index (χ3v) is 4.39. The molecule has 1 N–H and O–H groups in total. The Kier molecular flexibility index (Phi) is 4.81. The first-order valence-corrected chi connectivity index (χ1v) is 8.35. The summed E-state index contributed by atoms with van der Waals surface area (Å²) in [5.41, 5.74) is 2.23. The summed E-state index contributed by atoms with van der Waals surface area (Å²) in [4.78, 5) is 24.1. The number of hydrogen-bond donors (Lipinski definition) is 1. The van der Waals surface area contributed by atoms with Gasteiger partial charge in [-0.2, -0.15) is 0 Å².